The summed E-state index contributed by atoms with van der Waals surface area (Å²) >= 11 is 5.61. The molecule has 5 nitrogen and oxygen atoms in total. The van der Waals surface area contributed by atoms with Gasteiger partial charge in [0.15, 0.2) is 10.6 Å². The summed E-state index contributed by atoms with van der Waals surface area (Å²) in [6, 6.07) is 11.1. The monoisotopic (exact) mass is 383 g/mol. The molecule has 1 aliphatic heterocycles. The molecular formula is C20H22FN5S. The fourth-order valence-electron chi connectivity index (χ4n) is 3.75. The highest BCUT2D eigenvalue weighted by Gasteiger charge is 2.26. The highest BCUT2D eigenvalue weighted by Crippen LogP contribution is 2.23. The maximum Gasteiger partial charge on any atom is 0.199 e. The Bertz CT molecular complexity index is 982. The third-order valence-corrected chi connectivity index (χ3v) is 5.64. The quantitative estimate of drug-likeness (QED) is 0.628. The molecule has 7 heteroatoms. The minimum absolute atomic E-state index is 0.175. The smallest absolute Gasteiger partial charge is 0.199 e. The van der Waals surface area contributed by atoms with Crippen LogP contribution in [0.25, 0.3) is 11.4 Å². The fraction of sp³-hybridized carbons (Fsp3) is 0.350. The van der Waals surface area contributed by atoms with Crippen molar-refractivity contribution >= 4 is 12.2 Å². The average Bonchev–Trinajstić information content (AvgIpc) is 3.22. The summed E-state index contributed by atoms with van der Waals surface area (Å²) in [7, 11) is 1.94. The van der Waals surface area contributed by atoms with E-state index in [0.717, 1.165) is 42.8 Å². The number of hydrogen-bond donors (Lipinski definition) is 0. The number of benzene rings is 1. The minimum Gasteiger partial charge on any atom is -0.303 e. The lowest BCUT2D eigenvalue weighted by atomic mass is 10.0. The van der Waals surface area contributed by atoms with Crippen LogP contribution in [0.3, 0.4) is 0 Å². The molecule has 140 valence electrons. The Balaban J connectivity index is 1.54. The van der Waals surface area contributed by atoms with Crippen molar-refractivity contribution in [3.05, 3.63) is 64.9 Å². The molecule has 1 aliphatic rings. The van der Waals surface area contributed by atoms with Crippen LogP contribution in [0.4, 0.5) is 4.39 Å². The molecule has 0 amide bonds. The van der Waals surface area contributed by atoms with Gasteiger partial charge in [-0.3, -0.25) is 9.88 Å². The molecule has 0 aliphatic carbocycles. The van der Waals surface area contributed by atoms with Crippen LogP contribution in [0.2, 0.25) is 0 Å². The number of pyridine rings is 1. The lowest BCUT2D eigenvalue weighted by molar-refractivity contribution is 0.187. The van der Waals surface area contributed by atoms with Crippen LogP contribution in [0.5, 0.6) is 0 Å². The number of likely N-dealkylation sites (tertiary alicyclic amines) is 1. The normalized spacial score (nSPS) is 17.5. The molecule has 0 spiro atoms. The summed E-state index contributed by atoms with van der Waals surface area (Å²) in [6.45, 7) is 1.65. The summed E-state index contributed by atoms with van der Waals surface area (Å²) in [5, 5.41) is 4.74. The van der Waals surface area contributed by atoms with Gasteiger partial charge < -0.3 is 4.57 Å². The Morgan fingerprint density at radius 1 is 1.22 bits per heavy atom. The van der Waals surface area contributed by atoms with Gasteiger partial charge in [-0.25, -0.2) is 9.07 Å². The molecule has 1 saturated heterocycles. The van der Waals surface area contributed by atoms with Gasteiger partial charge in [0.2, 0.25) is 0 Å². The van der Waals surface area contributed by atoms with Gasteiger partial charge in [0.25, 0.3) is 0 Å². The zero-order valence-corrected chi connectivity index (χ0v) is 16.1. The number of halogens is 1. The van der Waals surface area contributed by atoms with Crippen LogP contribution in [0.1, 0.15) is 18.4 Å². The second-order valence-electron chi connectivity index (χ2n) is 6.98. The number of hydrogen-bond acceptors (Lipinski definition) is 4. The summed E-state index contributed by atoms with van der Waals surface area (Å²) in [5.41, 5.74) is 2.03. The second-order valence-corrected chi connectivity index (χ2v) is 7.35. The standard InChI is InChI=1S/C20H22FN5S/c1-24-19(16-7-9-22-10-8-16)23-26(20(24)27)14-25-11-3-6-18(25)13-15-4-2-5-17(21)12-15/h2,4-5,7-10,12,18H,3,6,11,13-14H2,1H3. The molecule has 1 unspecified atom stereocenters. The van der Waals surface area contributed by atoms with E-state index in [1.807, 2.05) is 34.5 Å². The first-order chi connectivity index (χ1) is 13.1. The van der Waals surface area contributed by atoms with Crippen molar-refractivity contribution in [2.45, 2.75) is 32.0 Å². The minimum atomic E-state index is -0.175. The van der Waals surface area contributed by atoms with E-state index in [-0.39, 0.29) is 5.82 Å². The molecule has 0 N–H and O–H groups in total. The van der Waals surface area contributed by atoms with E-state index >= 15 is 0 Å². The van der Waals surface area contributed by atoms with Crippen LogP contribution in [-0.2, 0) is 20.1 Å². The summed E-state index contributed by atoms with van der Waals surface area (Å²) in [4.78, 5) is 6.46. The third-order valence-electron chi connectivity index (χ3n) is 5.15. The zero-order valence-electron chi connectivity index (χ0n) is 15.3. The molecule has 1 atom stereocenters. The molecule has 0 radical (unpaired) electrons. The molecular weight excluding hydrogens is 361 g/mol. The van der Waals surface area contributed by atoms with Crippen LogP contribution >= 0.6 is 12.2 Å². The lowest BCUT2D eigenvalue weighted by Crippen LogP contribution is -2.33. The fourth-order valence-corrected chi connectivity index (χ4v) is 3.94. The van der Waals surface area contributed by atoms with Crippen molar-refractivity contribution in [2.75, 3.05) is 6.54 Å². The van der Waals surface area contributed by atoms with Crippen LogP contribution in [0, 0.1) is 10.6 Å². The van der Waals surface area contributed by atoms with E-state index in [4.69, 9.17) is 17.3 Å². The number of nitrogens with zero attached hydrogens (tertiary/aromatic N) is 5. The number of rotatable bonds is 5. The summed E-state index contributed by atoms with van der Waals surface area (Å²) in [6.07, 6.45) is 6.60. The predicted octanol–water partition coefficient (Wildman–Crippen LogP) is 3.82. The van der Waals surface area contributed by atoms with Crippen LogP contribution < -0.4 is 0 Å². The van der Waals surface area contributed by atoms with Gasteiger partial charge in [-0.15, -0.1) is 0 Å². The largest absolute Gasteiger partial charge is 0.303 e. The van der Waals surface area contributed by atoms with Gasteiger partial charge in [0, 0.05) is 37.6 Å². The Labute approximate surface area is 163 Å². The first-order valence-corrected chi connectivity index (χ1v) is 9.55. The summed E-state index contributed by atoms with van der Waals surface area (Å²) in [5.74, 6) is 0.661. The van der Waals surface area contributed by atoms with Gasteiger partial charge >= 0.3 is 0 Å². The first kappa shape index (κ1) is 18.0. The molecule has 0 saturated carbocycles. The topological polar surface area (TPSA) is 38.9 Å². The maximum absolute atomic E-state index is 13.5. The average molecular weight is 383 g/mol. The van der Waals surface area contributed by atoms with Gasteiger partial charge in [0.05, 0.1) is 6.67 Å². The molecule has 0 bridgehead atoms. The Kier molecular flexibility index (Phi) is 5.13. The van der Waals surface area contributed by atoms with Crippen LogP contribution in [-0.4, -0.2) is 36.8 Å². The first-order valence-electron chi connectivity index (χ1n) is 9.14. The van der Waals surface area contributed by atoms with E-state index < -0.39 is 0 Å². The Morgan fingerprint density at radius 3 is 2.81 bits per heavy atom. The molecule has 1 fully saturated rings. The Morgan fingerprint density at radius 2 is 2.04 bits per heavy atom. The molecule has 4 rings (SSSR count). The maximum atomic E-state index is 13.5. The predicted molar refractivity (Wildman–Crippen MR) is 105 cm³/mol. The summed E-state index contributed by atoms with van der Waals surface area (Å²) < 4.78 is 18.0. The molecule has 2 aromatic heterocycles. The van der Waals surface area contributed by atoms with E-state index in [0.29, 0.717) is 17.5 Å². The Hall–Kier alpha value is -2.38. The van der Waals surface area contributed by atoms with Crippen molar-refractivity contribution in [2.24, 2.45) is 7.05 Å². The highest BCUT2D eigenvalue weighted by atomic mass is 32.1. The van der Waals surface area contributed by atoms with Crippen molar-refractivity contribution in [1.82, 2.24) is 24.2 Å². The van der Waals surface area contributed by atoms with Gasteiger partial charge in [-0.2, -0.15) is 5.10 Å². The number of aromatic nitrogens is 4. The van der Waals surface area contributed by atoms with Gasteiger partial charge in [0.1, 0.15) is 5.82 Å². The van der Waals surface area contributed by atoms with Gasteiger partial charge in [-0.1, -0.05) is 12.1 Å². The molecule has 3 aromatic rings. The SMILES string of the molecule is Cn1c(-c2ccncc2)nn(CN2CCCC2Cc2cccc(F)c2)c1=S. The molecule has 1 aromatic carbocycles. The third kappa shape index (κ3) is 3.84. The zero-order chi connectivity index (χ0) is 18.8. The highest BCUT2D eigenvalue weighted by molar-refractivity contribution is 7.71. The second kappa shape index (κ2) is 7.70. The molecule has 27 heavy (non-hydrogen) atoms. The van der Waals surface area contributed by atoms with E-state index in [1.165, 1.54) is 6.07 Å². The molecule has 3 heterocycles. The van der Waals surface area contributed by atoms with Crippen molar-refractivity contribution in [3.8, 4) is 11.4 Å². The van der Waals surface area contributed by atoms with E-state index in [1.54, 1.807) is 24.5 Å². The lowest BCUT2D eigenvalue weighted by Gasteiger charge is -2.24. The van der Waals surface area contributed by atoms with Crippen molar-refractivity contribution in [1.29, 1.82) is 0 Å². The van der Waals surface area contributed by atoms with Gasteiger partial charge in [-0.05, 0) is 61.3 Å². The van der Waals surface area contributed by atoms with Crippen molar-refractivity contribution in [3.63, 3.8) is 0 Å². The van der Waals surface area contributed by atoms with Crippen LogP contribution in [0.15, 0.2) is 48.8 Å². The van der Waals surface area contributed by atoms with E-state index in [9.17, 15) is 4.39 Å². The van der Waals surface area contributed by atoms with Crippen molar-refractivity contribution < 1.29 is 4.39 Å². The van der Waals surface area contributed by atoms with E-state index in [2.05, 4.69) is 9.88 Å².